The molecule has 3 N–H and O–H groups in total. The molecule has 5 rings (SSSR count). The van der Waals surface area contributed by atoms with Crippen LogP contribution in [0.15, 0.2) is 38.5 Å². The SMILES string of the molecule is CN1N=NC(c2ccc3c(c2)NC2N=CNC(=NCCCN4CCCCC4)C32)N1. The van der Waals surface area contributed by atoms with Gasteiger partial charge in [0, 0.05) is 19.3 Å². The molecule has 0 aliphatic carbocycles. The topological polar surface area (TPSA) is 92.0 Å². The Morgan fingerprint density at radius 2 is 2.10 bits per heavy atom. The van der Waals surface area contributed by atoms with E-state index < -0.39 is 0 Å². The molecule has 9 nitrogen and oxygen atoms in total. The van der Waals surface area contributed by atoms with E-state index in [2.05, 4.69) is 54.5 Å². The van der Waals surface area contributed by atoms with Crippen LogP contribution < -0.4 is 16.1 Å². The molecule has 154 valence electrons. The summed E-state index contributed by atoms with van der Waals surface area (Å²) in [6.07, 6.45) is 6.80. The summed E-state index contributed by atoms with van der Waals surface area (Å²) in [6, 6.07) is 6.43. The predicted octanol–water partition coefficient (Wildman–Crippen LogP) is 2.24. The molecule has 1 saturated heterocycles. The number of hydrazine groups is 1. The van der Waals surface area contributed by atoms with Crippen LogP contribution >= 0.6 is 0 Å². The van der Waals surface area contributed by atoms with Gasteiger partial charge in [-0.1, -0.05) is 23.8 Å². The standard InChI is InChI=1S/C20H29N9/c1-28-26-18(25-27-28)14-6-7-15-16(12-14)24-20-17(15)19(22-13-23-20)21-8-5-11-29-9-3-2-4-10-29/h6-7,12-13,17-18,20,24,26H,2-5,8-11H2,1H3,(H,21,22,23). The van der Waals surface area contributed by atoms with Crippen LogP contribution in [0.3, 0.4) is 0 Å². The number of anilines is 1. The number of nitrogens with one attached hydrogen (secondary N) is 3. The normalized spacial score (nSPS) is 29.6. The van der Waals surface area contributed by atoms with Crippen LogP contribution in [0.4, 0.5) is 5.69 Å². The lowest BCUT2D eigenvalue weighted by Gasteiger charge is -2.26. The summed E-state index contributed by atoms with van der Waals surface area (Å²) in [5, 5.41) is 16.7. The highest BCUT2D eigenvalue weighted by Crippen LogP contribution is 2.39. The molecule has 4 aliphatic heterocycles. The molecular formula is C20H29N9. The number of rotatable bonds is 5. The fourth-order valence-electron chi connectivity index (χ4n) is 4.57. The van der Waals surface area contributed by atoms with Crippen LogP contribution in [0.5, 0.6) is 0 Å². The molecule has 9 heteroatoms. The number of amidine groups is 1. The van der Waals surface area contributed by atoms with Gasteiger partial charge in [0.15, 0.2) is 6.17 Å². The van der Waals surface area contributed by atoms with Gasteiger partial charge in [-0.05, 0) is 56.1 Å². The van der Waals surface area contributed by atoms with E-state index in [1.165, 1.54) is 37.9 Å². The maximum Gasteiger partial charge on any atom is 0.166 e. The van der Waals surface area contributed by atoms with E-state index in [4.69, 9.17) is 4.99 Å². The summed E-state index contributed by atoms with van der Waals surface area (Å²) < 4.78 is 0. The van der Waals surface area contributed by atoms with Gasteiger partial charge in [-0.25, -0.2) is 10.1 Å². The van der Waals surface area contributed by atoms with Crippen LogP contribution in [0.25, 0.3) is 0 Å². The summed E-state index contributed by atoms with van der Waals surface area (Å²) in [7, 11) is 1.85. The van der Waals surface area contributed by atoms with Crippen LogP contribution in [0.2, 0.25) is 0 Å². The summed E-state index contributed by atoms with van der Waals surface area (Å²) in [6.45, 7) is 4.49. The van der Waals surface area contributed by atoms with Crippen molar-refractivity contribution in [2.24, 2.45) is 20.3 Å². The van der Waals surface area contributed by atoms with Crippen LogP contribution in [0.1, 0.15) is 48.9 Å². The van der Waals surface area contributed by atoms with Gasteiger partial charge in [-0.2, -0.15) is 5.43 Å². The quantitative estimate of drug-likeness (QED) is 0.665. The number of fused-ring (bicyclic) bond motifs is 3. The van der Waals surface area contributed by atoms with E-state index in [-0.39, 0.29) is 18.2 Å². The fraction of sp³-hybridized carbons (Fsp3) is 0.600. The van der Waals surface area contributed by atoms with E-state index in [1.54, 1.807) is 11.5 Å². The monoisotopic (exact) mass is 395 g/mol. The van der Waals surface area contributed by atoms with E-state index in [0.717, 1.165) is 36.6 Å². The molecule has 3 atom stereocenters. The fourth-order valence-corrected chi connectivity index (χ4v) is 4.57. The van der Waals surface area contributed by atoms with Crippen molar-refractivity contribution in [2.45, 2.75) is 43.9 Å². The number of hydrogen-bond acceptors (Lipinski definition) is 8. The Morgan fingerprint density at radius 3 is 2.93 bits per heavy atom. The first kappa shape index (κ1) is 18.5. The van der Waals surface area contributed by atoms with Gasteiger partial charge in [0.25, 0.3) is 0 Å². The summed E-state index contributed by atoms with van der Waals surface area (Å²) >= 11 is 0. The van der Waals surface area contributed by atoms with Gasteiger partial charge in [0.1, 0.15) is 12.0 Å². The molecule has 0 bridgehead atoms. The van der Waals surface area contributed by atoms with Crippen LogP contribution in [-0.2, 0) is 0 Å². The zero-order valence-electron chi connectivity index (χ0n) is 16.9. The number of aliphatic imine (C=N–C) groups is 2. The third-order valence-corrected chi connectivity index (χ3v) is 6.06. The molecule has 3 unspecified atom stereocenters. The second-order valence-electron chi connectivity index (χ2n) is 8.12. The molecule has 0 radical (unpaired) electrons. The van der Waals surface area contributed by atoms with E-state index >= 15 is 0 Å². The number of likely N-dealkylation sites (tertiary alicyclic amines) is 1. The second kappa shape index (κ2) is 8.08. The minimum Gasteiger partial charge on any atom is -0.363 e. The molecule has 1 fully saturated rings. The maximum absolute atomic E-state index is 4.91. The Balaban J connectivity index is 1.26. The van der Waals surface area contributed by atoms with Crippen LogP contribution in [-0.4, -0.2) is 61.6 Å². The lowest BCUT2D eigenvalue weighted by Crippen LogP contribution is -2.39. The van der Waals surface area contributed by atoms with Crippen molar-refractivity contribution in [3.63, 3.8) is 0 Å². The van der Waals surface area contributed by atoms with Crippen molar-refractivity contribution in [3.05, 3.63) is 29.3 Å². The van der Waals surface area contributed by atoms with Crippen molar-refractivity contribution in [2.75, 3.05) is 38.5 Å². The smallest absolute Gasteiger partial charge is 0.166 e. The van der Waals surface area contributed by atoms with Crippen LogP contribution in [0, 0.1) is 0 Å². The maximum atomic E-state index is 4.91. The van der Waals surface area contributed by atoms with Gasteiger partial charge < -0.3 is 15.5 Å². The molecule has 0 aromatic heterocycles. The first-order chi connectivity index (χ1) is 14.3. The Hall–Kier alpha value is -2.52. The molecule has 1 aromatic carbocycles. The van der Waals surface area contributed by atoms with E-state index in [9.17, 15) is 0 Å². The molecule has 0 saturated carbocycles. The largest absolute Gasteiger partial charge is 0.363 e. The Morgan fingerprint density at radius 1 is 1.21 bits per heavy atom. The molecule has 0 spiro atoms. The number of nitrogens with zero attached hydrogens (tertiary/aromatic N) is 6. The third-order valence-electron chi connectivity index (χ3n) is 6.06. The second-order valence-corrected chi connectivity index (χ2v) is 8.12. The highest BCUT2D eigenvalue weighted by Gasteiger charge is 2.38. The molecule has 29 heavy (non-hydrogen) atoms. The molecule has 1 aromatic rings. The zero-order chi connectivity index (χ0) is 19.6. The van der Waals surface area contributed by atoms with Crippen molar-refractivity contribution >= 4 is 17.9 Å². The highest BCUT2D eigenvalue weighted by molar-refractivity contribution is 6.01. The Kier molecular flexibility index (Phi) is 5.15. The molecule has 4 heterocycles. The van der Waals surface area contributed by atoms with E-state index in [1.807, 2.05) is 7.05 Å². The first-order valence-corrected chi connectivity index (χ1v) is 10.6. The number of hydrogen-bond donors (Lipinski definition) is 3. The van der Waals surface area contributed by atoms with Crippen molar-refractivity contribution in [1.29, 1.82) is 0 Å². The summed E-state index contributed by atoms with van der Waals surface area (Å²) in [5.74, 6) is 1.15. The lowest BCUT2D eigenvalue weighted by atomic mass is 9.95. The van der Waals surface area contributed by atoms with Gasteiger partial charge in [-0.15, -0.1) is 5.11 Å². The first-order valence-electron chi connectivity index (χ1n) is 10.6. The average molecular weight is 396 g/mol. The van der Waals surface area contributed by atoms with E-state index in [0.29, 0.717) is 0 Å². The van der Waals surface area contributed by atoms with Gasteiger partial charge in [0.05, 0.1) is 12.3 Å². The third kappa shape index (κ3) is 3.84. The number of benzene rings is 1. The predicted molar refractivity (Wildman–Crippen MR) is 114 cm³/mol. The van der Waals surface area contributed by atoms with Crippen molar-refractivity contribution < 1.29 is 0 Å². The van der Waals surface area contributed by atoms with Gasteiger partial charge in [0.2, 0.25) is 0 Å². The minimum absolute atomic E-state index is 0.00295. The number of piperidine rings is 1. The van der Waals surface area contributed by atoms with Crippen molar-refractivity contribution in [1.82, 2.24) is 20.8 Å². The summed E-state index contributed by atoms with van der Waals surface area (Å²) in [4.78, 5) is 12.1. The Labute approximate surface area is 171 Å². The highest BCUT2D eigenvalue weighted by atomic mass is 15.8. The Bertz CT molecular complexity index is 827. The molecular weight excluding hydrogens is 366 g/mol. The molecule has 4 aliphatic rings. The zero-order valence-corrected chi connectivity index (χ0v) is 16.9. The molecule has 0 amide bonds. The van der Waals surface area contributed by atoms with Gasteiger partial charge in [-0.3, -0.25) is 4.99 Å². The average Bonchev–Trinajstić information content (AvgIpc) is 3.35. The lowest BCUT2D eigenvalue weighted by molar-refractivity contribution is 0.228. The van der Waals surface area contributed by atoms with Crippen molar-refractivity contribution in [3.8, 4) is 0 Å². The minimum atomic E-state index is -0.140. The van der Waals surface area contributed by atoms with Gasteiger partial charge >= 0.3 is 0 Å². The summed E-state index contributed by atoms with van der Waals surface area (Å²) in [5.41, 5.74) is 6.62.